The average Bonchev–Trinajstić information content (AvgIpc) is 1.43. The third-order valence-electron chi connectivity index (χ3n) is 21.0. The van der Waals surface area contributed by atoms with Gasteiger partial charge in [0.15, 0.2) is 0 Å². The van der Waals surface area contributed by atoms with E-state index in [1.54, 1.807) is 0 Å². The van der Waals surface area contributed by atoms with Crippen molar-refractivity contribution >= 4 is 94.8 Å². The van der Waals surface area contributed by atoms with Gasteiger partial charge in [0.1, 0.15) is 23.0 Å². The van der Waals surface area contributed by atoms with Gasteiger partial charge in [-0.15, -0.1) is 0 Å². The van der Waals surface area contributed by atoms with Crippen molar-refractivity contribution in [3.63, 3.8) is 0 Å². The van der Waals surface area contributed by atoms with Crippen molar-refractivity contribution in [2.24, 2.45) is 11.8 Å². The van der Waals surface area contributed by atoms with Gasteiger partial charge in [0.25, 0.3) is 0 Å². The van der Waals surface area contributed by atoms with E-state index in [0.29, 0.717) is 5.92 Å². The normalized spacial score (nSPS) is 17.1. The molecule has 4 nitrogen and oxygen atoms in total. The van der Waals surface area contributed by atoms with Crippen molar-refractivity contribution in [2.45, 2.75) is 25.4 Å². The summed E-state index contributed by atoms with van der Waals surface area (Å²) in [5.74, 6) is 1.77. The van der Waals surface area contributed by atoms with Gasteiger partial charge in [-0.2, -0.15) is 0 Å². The molecule has 19 rings (SSSR count). The molecule has 0 saturated heterocycles. The second-order valence-corrected chi connectivity index (χ2v) is 27.0. The summed E-state index contributed by atoms with van der Waals surface area (Å²) in [5, 5.41) is 6.95. The van der Waals surface area contributed by atoms with Crippen LogP contribution in [0.5, 0.6) is 5.75 Å². The van der Waals surface area contributed by atoms with Crippen molar-refractivity contribution in [1.29, 1.82) is 0 Å². The van der Waals surface area contributed by atoms with Gasteiger partial charge in [-0.25, -0.2) is 0 Å². The first kappa shape index (κ1) is 58.8. The number of allylic oxidation sites excluding steroid dienone is 13. The molecule has 4 atom stereocenters. The van der Waals surface area contributed by atoms with Gasteiger partial charge in [-0.3, -0.25) is 0 Å². The average molecular weight is 1280 g/mol. The minimum Gasteiger partial charge on any atom is -0.485 e. The van der Waals surface area contributed by atoms with E-state index in [9.17, 15) is 0 Å². The number of furan rings is 1. The monoisotopic (exact) mass is 1280 g/mol. The van der Waals surface area contributed by atoms with E-state index >= 15 is 0 Å². The molecular formula is C96H68N2O2. The third-order valence-corrected chi connectivity index (χ3v) is 21.0. The predicted octanol–water partition coefficient (Wildman–Crippen LogP) is 25.8. The van der Waals surface area contributed by atoms with E-state index in [2.05, 4.69) is 375 Å². The Bertz CT molecular complexity index is 5880. The second-order valence-electron chi connectivity index (χ2n) is 27.0. The smallest absolute Gasteiger partial charge is 0.136 e. The largest absolute Gasteiger partial charge is 0.485 e. The van der Waals surface area contributed by atoms with Crippen LogP contribution in [0.3, 0.4) is 0 Å². The van der Waals surface area contributed by atoms with Crippen LogP contribution >= 0.6 is 0 Å². The van der Waals surface area contributed by atoms with Gasteiger partial charge in [0.2, 0.25) is 0 Å². The van der Waals surface area contributed by atoms with Gasteiger partial charge in [0.05, 0.1) is 22.7 Å². The number of hydrogen-bond acceptors (Lipinski definition) is 4. The molecule has 0 amide bonds. The zero-order valence-corrected chi connectivity index (χ0v) is 55.3. The van der Waals surface area contributed by atoms with Crippen molar-refractivity contribution in [1.82, 2.24) is 0 Å². The maximum atomic E-state index is 6.89. The summed E-state index contributed by atoms with van der Waals surface area (Å²) in [6.07, 6.45) is 30.5. The van der Waals surface area contributed by atoms with Gasteiger partial charge in [0, 0.05) is 61.4 Å². The van der Waals surface area contributed by atoms with E-state index in [4.69, 9.17) is 9.15 Å². The van der Waals surface area contributed by atoms with Crippen LogP contribution in [0, 0.1) is 11.8 Å². The molecule has 14 aromatic rings. The lowest BCUT2D eigenvalue weighted by molar-refractivity contribution is 0.269. The van der Waals surface area contributed by atoms with E-state index in [1.807, 2.05) is 0 Å². The number of para-hydroxylation sites is 2. The molecule has 100 heavy (non-hydrogen) atoms. The molecule has 0 bridgehead atoms. The molecule has 0 radical (unpaired) electrons. The standard InChI is InChI=1S/C96H68N2O2/c1-62-34-35-74-59-73(47-46-71(74)58-62)68-50-55-78(56-51-68)98(88-30-13-19-70-17-3-5-21-80(70)88)90-28-10-7-23-82(90)84-26-15-33-93-96(84)86-57-52-76(61-94(86)100-93)75-45-43-67-41-40-65(42-44-72(67)60-75)63-36-38-64(39-37-63)66-48-53-77(54-49-66)97(87-29-12-18-69-16-2-4-20-79(69)87)89-27-9-6-22-81(89)83-25-14-32-92-95(83)85-24-8-11-31-91(85)99-92/h2-57,59-62,72,85,91H,58H2,1H3. The minimum absolute atomic E-state index is 0.00474. The number of rotatable bonds is 12. The summed E-state index contributed by atoms with van der Waals surface area (Å²) in [7, 11) is 0. The Labute approximate surface area is 583 Å². The Morgan fingerprint density at radius 3 is 1.68 bits per heavy atom. The number of fused-ring (bicyclic) bond motifs is 10. The van der Waals surface area contributed by atoms with Crippen molar-refractivity contribution in [3.8, 4) is 50.3 Å². The van der Waals surface area contributed by atoms with Crippen LogP contribution in [0.4, 0.5) is 34.1 Å². The topological polar surface area (TPSA) is 28.9 Å². The number of ether oxygens (including phenoxy) is 1. The summed E-state index contributed by atoms with van der Waals surface area (Å²) in [4.78, 5) is 4.87. The third kappa shape index (κ3) is 10.4. The molecule has 4 aliphatic carbocycles. The van der Waals surface area contributed by atoms with E-state index < -0.39 is 0 Å². The first-order chi connectivity index (χ1) is 49.5. The zero-order valence-electron chi connectivity index (χ0n) is 55.3. The second kappa shape index (κ2) is 24.5. The summed E-state index contributed by atoms with van der Waals surface area (Å²) in [6, 6.07) is 102. The lowest BCUT2D eigenvalue weighted by atomic mass is 9.86. The van der Waals surface area contributed by atoms with Gasteiger partial charge in [-0.1, -0.05) is 280 Å². The summed E-state index contributed by atoms with van der Waals surface area (Å²) >= 11 is 0. The molecule has 1 aromatic heterocycles. The first-order valence-corrected chi connectivity index (χ1v) is 34.9. The predicted molar refractivity (Wildman–Crippen MR) is 419 cm³/mol. The summed E-state index contributed by atoms with van der Waals surface area (Å²) < 4.78 is 13.4. The molecule has 0 N–H and O–H groups in total. The highest BCUT2D eigenvalue weighted by atomic mass is 16.5. The quantitative estimate of drug-likeness (QED) is 0.122. The fourth-order valence-corrected chi connectivity index (χ4v) is 16.0. The van der Waals surface area contributed by atoms with E-state index in [1.165, 1.54) is 77.2 Å². The molecule has 4 unspecified atom stereocenters. The first-order valence-electron chi connectivity index (χ1n) is 34.9. The highest BCUT2D eigenvalue weighted by Crippen LogP contribution is 2.52. The lowest BCUT2D eigenvalue weighted by Crippen LogP contribution is -2.16. The molecule has 1 aliphatic heterocycles. The zero-order chi connectivity index (χ0) is 66.2. The number of nitrogens with zero attached hydrogens (tertiary/aromatic N) is 2. The van der Waals surface area contributed by atoms with Crippen molar-refractivity contribution < 1.29 is 9.15 Å². The van der Waals surface area contributed by atoms with Crippen LogP contribution < -0.4 is 14.5 Å². The Balaban J connectivity index is 0.596. The Morgan fingerprint density at radius 2 is 0.950 bits per heavy atom. The molecule has 4 heteroatoms. The number of anilines is 6. The molecule has 0 spiro atoms. The summed E-state index contributed by atoms with van der Waals surface area (Å²) in [5.41, 5.74) is 27.5. The van der Waals surface area contributed by atoms with Crippen LogP contribution in [0.25, 0.3) is 105 Å². The molecular weight excluding hydrogens is 1210 g/mol. The van der Waals surface area contributed by atoms with Gasteiger partial charge in [-0.05, 0) is 180 Å². The van der Waals surface area contributed by atoms with Crippen molar-refractivity contribution in [2.75, 3.05) is 9.80 Å². The molecule has 2 heterocycles. The molecule has 0 saturated carbocycles. The number of benzene rings is 13. The highest BCUT2D eigenvalue weighted by Gasteiger charge is 2.35. The molecule has 474 valence electrons. The van der Waals surface area contributed by atoms with Crippen LogP contribution in [-0.2, 0) is 6.42 Å². The number of hydrogen-bond donors (Lipinski definition) is 0. The molecule has 0 fully saturated rings. The Morgan fingerprint density at radius 1 is 0.380 bits per heavy atom. The maximum absolute atomic E-state index is 6.89. The van der Waals surface area contributed by atoms with Crippen molar-refractivity contribution in [3.05, 3.63) is 385 Å². The van der Waals surface area contributed by atoms with E-state index in [-0.39, 0.29) is 17.9 Å². The van der Waals surface area contributed by atoms with E-state index in [0.717, 1.165) is 102 Å². The maximum Gasteiger partial charge on any atom is 0.136 e. The van der Waals surface area contributed by atoms with Gasteiger partial charge >= 0.3 is 0 Å². The Kier molecular flexibility index (Phi) is 14.4. The molecule has 5 aliphatic rings. The van der Waals surface area contributed by atoms with Gasteiger partial charge < -0.3 is 19.0 Å². The fraction of sp³-hybridized carbons (Fsp3) is 0.0625. The van der Waals surface area contributed by atoms with Crippen LogP contribution in [0.15, 0.2) is 362 Å². The van der Waals surface area contributed by atoms with Crippen LogP contribution in [0.2, 0.25) is 0 Å². The van der Waals surface area contributed by atoms with Crippen LogP contribution in [-0.4, -0.2) is 6.10 Å². The lowest BCUT2D eigenvalue weighted by Gasteiger charge is -2.29. The minimum atomic E-state index is -0.00474. The highest BCUT2D eigenvalue weighted by molar-refractivity contribution is 6.15. The fourth-order valence-electron chi connectivity index (χ4n) is 16.0. The summed E-state index contributed by atoms with van der Waals surface area (Å²) in [6.45, 7) is 2.29. The van der Waals surface area contributed by atoms with Crippen LogP contribution in [0.1, 0.15) is 40.7 Å². The molecule has 13 aromatic carbocycles. The Hall–Kier alpha value is -12.5. The SMILES string of the molecule is CC1C=Cc2cc(-c3ccc(N(c4ccccc4-c4cccc5oc6cc(C7=CC8C=CC(c9ccc(-c%10ccc(N(c%11ccccc%11-c%11cccc%12c%11C%11C=CC=CC%11O%12)c%11cccc%12ccccc%11%12)cc%10)cc9)=CC=C8C=C7)ccc6c45)c4cccc5ccccc45)cc3)ccc2C1.